The van der Waals surface area contributed by atoms with Crippen molar-refractivity contribution >= 4 is 39.5 Å². The van der Waals surface area contributed by atoms with Crippen molar-refractivity contribution < 1.29 is 80.2 Å². The van der Waals surface area contributed by atoms with Crippen LogP contribution in [0.15, 0.2) is 0 Å². The highest BCUT2D eigenvalue weighted by Crippen LogP contribution is 2.45. The van der Waals surface area contributed by atoms with E-state index in [-0.39, 0.29) is 25.7 Å². The maximum absolute atomic E-state index is 13.1. The number of carbonyl (C=O) groups excluding carboxylic acids is 4. The first-order chi connectivity index (χ1) is 48.1. The molecule has 594 valence electrons. The first-order valence-corrected chi connectivity index (χ1v) is 44.7. The van der Waals surface area contributed by atoms with Crippen molar-refractivity contribution in [2.45, 2.75) is 433 Å². The summed E-state index contributed by atoms with van der Waals surface area (Å²) < 4.78 is 68.7. The molecule has 0 amide bonds. The lowest BCUT2D eigenvalue weighted by atomic mass is 10.00. The molecule has 17 nitrogen and oxygen atoms in total. The number of esters is 4. The van der Waals surface area contributed by atoms with E-state index in [1.165, 1.54) is 212 Å². The number of hydrogen-bond acceptors (Lipinski definition) is 15. The van der Waals surface area contributed by atoms with Crippen LogP contribution in [0.3, 0.4) is 0 Å². The molecule has 0 aliphatic heterocycles. The highest BCUT2D eigenvalue weighted by molar-refractivity contribution is 7.47. The zero-order valence-corrected chi connectivity index (χ0v) is 67.6. The average molecular weight is 1470 g/mol. The summed E-state index contributed by atoms with van der Waals surface area (Å²) in [6, 6.07) is 0. The average Bonchev–Trinajstić information content (AvgIpc) is 0.919. The van der Waals surface area contributed by atoms with Gasteiger partial charge < -0.3 is 33.8 Å². The monoisotopic (exact) mass is 1470 g/mol. The van der Waals surface area contributed by atoms with Gasteiger partial charge in [0.2, 0.25) is 0 Å². The van der Waals surface area contributed by atoms with Gasteiger partial charge in [0.15, 0.2) is 12.2 Å². The van der Waals surface area contributed by atoms with Gasteiger partial charge in [-0.1, -0.05) is 364 Å². The Balaban J connectivity index is 5.21. The smallest absolute Gasteiger partial charge is 0.462 e. The fourth-order valence-corrected chi connectivity index (χ4v) is 14.0. The molecular formula is C81H158O17P2. The number of ether oxygens (including phenoxy) is 4. The van der Waals surface area contributed by atoms with E-state index in [0.717, 1.165) is 120 Å². The van der Waals surface area contributed by atoms with Crippen LogP contribution in [0.2, 0.25) is 0 Å². The molecule has 0 bridgehead atoms. The molecule has 100 heavy (non-hydrogen) atoms. The quantitative estimate of drug-likeness (QED) is 0.0222. The number of rotatable bonds is 78. The first-order valence-electron chi connectivity index (χ1n) is 41.7. The molecule has 0 spiro atoms. The van der Waals surface area contributed by atoms with E-state index in [1.807, 2.05) is 0 Å². The Morgan fingerprint density at radius 2 is 0.480 bits per heavy atom. The molecule has 0 radical (unpaired) electrons. The lowest BCUT2D eigenvalue weighted by Gasteiger charge is -2.21. The van der Waals surface area contributed by atoms with Crippen molar-refractivity contribution in [1.29, 1.82) is 0 Å². The summed E-state index contributed by atoms with van der Waals surface area (Å²) in [5.74, 6) is 0.983. The summed E-state index contributed by atoms with van der Waals surface area (Å²) in [6.45, 7) is 14.3. The molecular weight excluding hydrogens is 1310 g/mol. The van der Waals surface area contributed by atoms with Gasteiger partial charge >= 0.3 is 39.5 Å². The number of hydrogen-bond donors (Lipinski definition) is 3. The minimum Gasteiger partial charge on any atom is -0.462 e. The third kappa shape index (κ3) is 73.0. The molecule has 0 rings (SSSR count). The van der Waals surface area contributed by atoms with E-state index in [9.17, 15) is 43.2 Å². The standard InChI is InChI=1S/C81H158O17P2/c1-9-74(8)60-52-44-39-40-46-54-62-79(84)92-68-77(98-80(85)63-55-47-37-31-25-17-15-13-11-10-12-14-16-21-27-33-41-49-57-71(2)3)70-96-100(89,90)94-66-75(82)65-93-99(87,88)95-69-76(97-81(86)64-56-48-38-32-26-20-23-29-35-43-51-59-73(6)7)67-91-78(83)61-53-45-36-30-24-19-18-22-28-34-42-50-58-72(4)5/h71-77,82H,9-70H2,1-8H3,(H,87,88)(H,89,90)/t74?,75-,76-,77-/m1/s1. The molecule has 0 saturated carbocycles. The third-order valence-corrected chi connectivity index (χ3v) is 21.1. The molecule has 0 aromatic rings. The van der Waals surface area contributed by atoms with Crippen molar-refractivity contribution in [2.24, 2.45) is 23.7 Å². The SMILES string of the molecule is CCC(C)CCCCCCCCC(=O)OC[C@H](COP(=O)(O)OC[C@H](O)COP(=O)(O)OC[C@@H](COC(=O)CCCCCCCCCCCCCCC(C)C)OC(=O)CCCCCCCCCCCCCC(C)C)OC(=O)CCCCCCCCCCCCCCCCCCCCC(C)C. The number of unbranched alkanes of at least 4 members (excludes halogenated alkanes) is 43. The summed E-state index contributed by atoms with van der Waals surface area (Å²) >= 11 is 0. The number of aliphatic hydroxyl groups excluding tert-OH is 1. The van der Waals surface area contributed by atoms with Gasteiger partial charge in [0, 0.05) is 25.7 Å². The molecule has 19 heteroatoms. The molecule has 0 aliphatic rings. The van der Waals surface area contributed by atoms with Crippen LogP contribution in [-0.2, 0) is 65.4 Å². The number of phosphoric ester groups is 2. The second-order valence-corrected chi connectivity index (χ2v) is 33.7. The summed E-state index contributed by atoms with van der Waals surface area (Å²) in [4.78, 5) is 73.0. The fourth-order valence-electron chi connectivity index (χ4n) is 12.4. The highest BCUT2D eigenvalue weighted by atomic mass is 31.2. The van der Waals surface area contributed by atoms with Gasteiger partial charge in [-0.25, -0.2) is 9.13 Å². The lowest BCUT2D eigenvalue weighted by molar-refractivity contribution is -0.161. The van der Waals surface area contributed by atoms with Gasteiger partial charge in [0.1, 0.15) is 19.3 Å². The predicted octanol–water partition coefficient (Wildman–Crippen LogP) is 24.0. The van der Waals surface area contributed by atoms with Gasteiger partial charge in [-0.2, -0.15) is 0 Å². The Labute approximate surface area is 613 Å². The van der Waals surface area contributed by atoms with Crippen molar-refractivity contribution in [3.63, 3.8) is 0 Å². The van der Waals surface area contributed by atoms with Crippen LogP contribution in [0.25, 0.3) is 0 Å². The van der Waals surface area contributed by atoms with Crippen molar-refractivity contribution in [1.82, 2.24) is 0 Å². The van der Waals surface area contributed by atoms with Crippen LogP contribution >= 0.6 is 15.6 Å². The fraction of sp³-hybridized carbons (Fsp3) is 0.951. The van der Waals surface area contributed by atoms with Gasteiger partial charge in [-0.05, 0) is 49.4 Å². The Morgan fingerprint density at radius 3 is 0.710 bits per heavy atom. The zero-order valence-electron chi connectivity index (χ0n) is 65.8. The lowest BCUT2D eigenvalue weighted by Crippen LogP contribution is -2.30. The Bertz CT molecular complexity index is 1960. The van der Waals surface area contributed by atoms with Crippen molar-refractivity contribution in [3.8, 4) is 0 Å². The normalized spacial score (nSPS) is 14.3. The largest absolute Gasteiger partial charge is 0.472 e. The Kier molecular flexibility index (Phi) is 68.7. The summed E-state index contributed by atoms with van der Waals surface area (Å²) in [5, 5.41) is 10.6. The summed E-state index contributed by atoms with van der Waals surface area (Å²) in [7, 11) is -9.92. The second kappa shape index (κ2) is 70.1. The van der Waals surface area contributed by atoms with E-state index >= 15 is 0 Å². The minimum atomic E-state index is -4.96. The number of carbonyl (C=O) groups is 4. The van der Waals surface area contributed by atoms with Crippen LogP contribution in [0, 0.1) is 23.7 Å². The van der Waals surface area contributed by atoms with Gasteiger partial charge in [0.25, 0.3) is 0 Å². The van der Waals surface area contributed by atoms with E-state index in [1.54, 1.807) is 0 Å². The van der Waals surface area contributed by atoms with Crippen LogP contribution in [0.4, 0.5) is 0 Å². The van der Waals surface area contributed by atoms with Gasteiger partial charge in [0.05, 0.1) is 26.4 Å². The van der Waals surface area contributed by atoms with Crippen molar-refractivity contribution in [3.05, 3.63) is 0 Å². The maximum atomic E-state index is 13.1. The Morgan fingerprint density at radius 1 is 0.280 bits per heavy atom. The molecule has 0 saturated heterocycles. The maximum Gasteiger partial charge on any atom is 0.472 e. The topological polar surface area (TPSA) is 237 Å². The molecule has 0 aromatic carbocycles. The van der Waals surface area contributed by atoms with Crippen LogP contribution in [-0.4, -0.2) is 96.7 Å². The first kappa shape index (κ1) is 98.1. The molecule has 0 heterocycles. The predicted molar refractivity (Wildman–Crippen MR) is 409 cm³/mol. The van der Waals surface area contributed by atoms with Crippen LogP contribution < -0.4 is 0 Å². The molecule has 6 atom stereocenters. The van der Waals surface area contributed by atoms with E-state index in [4.69, 9.17) is 37.0 Å². The van der Waals surface area contributed by atoms with Gasteiger partial charge in [-0.15, -0.1) is 0 Å². The highest BCUT2D eigenvalue weighted by Gasteiger charge is 2.30. The molecule has 0 fully saturated rings. The molecule has 0 aromatic heterocycles. The second-order valence-electron chi connectivity index (χ2n) is 30.8. The Hall–Kier alpha value is -1.94. The van der Waals surface area contributed by atoms with Gasteiger partial charge in [-0.3, -0.25) is 37.3 Å². The van der Waals surface area contributed by atoms with Crippen LogP contribution in [0.1, 0.15) is 415 Å². The summed E-state index contributed by atoms with van der Waals surface area (Å²) in [6.07, 6.45) is 57.0. The number of aliphatic hydroxyl groups is 1. The van der Waals surface area contributed by atoms with Crippen LogP contribution in [0.5, 0.6) is 0 Å². The van der Waals surface area contributed by atoms with Crippen molar-refractivity contribution in [2.75, 3.05) is 39.6 Å². The zero-order chi connectivity index (χ0) is 73.8. The molecule has 0 aliphatic carbocycles. The van der Waals surface area contributed by atoms with E-state index in [0.29, 0.717) is 25.7 Å². The molecule has 3 unspecified atom stereocenters. The van der Waals surface area contributed by atoms with E-state index < -0.39 is 97.5 Å². The third-order valence-electron chi connectivity index (χ3n) is 19.2. The summed E-state index contributed by atoms with van der Waals surface area (Å²) in [5.41, 5.74) is 0. The minimum absolute atomic E-state index is 0.106. The number of phosphoric acid groups is 2. The van der Waals surface area contributed by atoms with E-state index in [2.05, 4.69) is 55.4 Å². The molecule has 3 N–H and O–H groups in total.